The van der Waals surface area contributed by atoms with Crippen LogP contribution in [-0.4, -0.2) is 22.2 Å². The average molecular weight is 256 g/mol. The lowest BCUT2D eigenvalue weighted by Crippen LogP contribution is -2.23. The maximum absolute atomic E-state index is 11.3. The van der Waals surface area contributed by atoms with Crippen LogP contribution in [-0.2, 0) is 9.59 Å². The number of carboxylic acids is 2. The lowest BCUT2D eigenvalue weighted by Gasteiger charge is -2.22. The topological polar surface area (TPSA) is 74.6 Å². The Kier molecular flexibility index (Phi) is 6.09. The van der Waals surface area contributed by atoms with Crippen LogP contribution < -0.4 is 0 Å². The Labute approximate surface area is 109 Å². The quantitative estimate of drug-likeness (QED) is 0.715. The standard InChI is InChI=1S/C14H24O4/c1-9(2)7-6-8-10(12(15)16)11(13(17)18)14(3,4)5/h9H,6-8H2,1-5H3,(H,15,16)(H,17,18). The van der Waals surface area contributed by atoms with Gasteiger partial charge in [0, 0.05) is 5.57 Å². The highest BCUT2D eigenvalue weighted by Gasteiger charge is 2.30. The Balaban J connectivity index is 5.25. The zero-order valence-corrected chi connectivity index (χ0v) is 11.9. The molecule has 0 aliphatic rings. The van der Waals surface area contributed by atoms with Crippen molar-refractivity contribution in [2.24, 2.45) is 11.3 Å². The summed E-state index contributed by atoms with van der Waals surface area (Å²) in [5.74, 6) is -1.77. The molecule has 0 amide bonds. The SMILES string of the molecule is CC(C)CCCC(C(=O)O)=C(C(=O)O)C(C)(C)C. The van der Waals surface area contributed by atoms with Crippen LogP contribution in [0.2, 0.25) is 0 Å². The number of aliphatic carboxylic acids is 2. The number of rotatable bonds is 6. The van der Waals surface area contributed by atoms with E-state index in [-0.39, 0.29) is 11.1 Å². The highest BCUT2D eigenvalue weighted by atomic mass is 16.4. The molecular weight excluding hydrogens is 232 g/mol. The van der Waals surface area contributed by atoms with Crippen molar-refractivity contribution in [1.29, 1.82) is 0 Å². The van der Waals surface area contributed by atoms with Crippen LogP contribution in [0.3, 0.4) is 0 Å². The smallest absolute Gasteiger partial charge is 0.332 e. The summed E-state index contributed by atoms with van der Waals surface area (Å²) in [6.07, 6.45) is 1.91. The van der Waals surface area contributed by atoms with Gasteiger partial charge in [0.05, 0.1) is 5.57 Å². The van der Waals surface area contributed by atoms with Gasteiger partial charge in [0.15, 0.2) is 0 Å². The van der Waals surface area contributed by atoms with E-state index in [1.807, 2.05) is 0 Å². The van der Waals surface area contributed by atoms with Gasteiger partial charge in [-0.05, 0) is 24.2 Å². The second-order valence-electron chi connectivity index (χ2n) is 6.00. The van der Waals surface area contributed by atoms with Crippen LogP contribution in [0, 0.1) is 11.3 Å². The van der Waals surface area contributed by atoms with Crippen molar-refractivity contribution in [2.45, 2.75) is 53.9 Å². The van der Waals surface area contributed by atoms with Crippen molar-refractivity contribution >= 4 is 11.9 Å². The third-order valence-corrected chi connectivity index (χ3v) is 2.73. The van der Waals surface area contributed by atoms with E-state index < -0.39 is 17.4 Å². The highest BCUT2D eigenvalue weighted by Crippen LogP contribution is 2.30. The number of carbonyl (C=O) groups is 2. The fourth-order valence-corrected chi connectivity index (χ4v) is 1.93. The minimum Gasteiger partial charge on any atom is -0.478 e. The van der Waals surface area contributed by atoms with Crippen molar-refractivity contribution in [2.75, 3.05) is 0 Å². The molecule has 0 fully saturated rings. The first-order chi connectivity index (χ1) is 8.07. The maximum Gasteiger partial charge on any atom is 0.332 e. The van der Waals surface area contributed by atoms with E-state index in [4.69, 9.17) is 0 Å². The molecule has 0 rings (SSSR count). The third kappa shape index (κ3) is 5.34. The second-order valence-corrected chi connectivity index (χ2v) is 6.00. The zero-order valence-electron chi connectivity index (χ0n) is 11.9. The summed E-state index contributed by atoms with van der Waals surface area (Å²) in [5, 5.41) is 18.4. The summed E-state index contributed by atoms with van der Waals surface area (Å²) in [6.45, 7) is 9.30. The van der Waals surface area contributed by atoms with E-state index >= 15 is 0 Å². The number of hydrogen-bond donors (Lipinski definition) is 2. The van der Waals surface area contributed by atoms with E-state index in [2.05, 4.69) is 13.8 Å². The summed E-state index contributed by atoms with van der Waals surface area (Å²) in [5.41, 5.74) is -0.619. The lowest BCUT2D eigenvalue weighted by atomic mass is 9.81. The lowest BCUT2D eigenvalue weighted by molar-refractivity contribution is -0.137. The Bertz CT molecular complexity index is 345. The summed E-state index contributed by atoms with van der Waals surface area (Å²) in [7, 11) is 0. The molecule has 0 aromatic heterocycles. The highest BCUT2D eigenvalue weighted by molar-refractivity contribution is 5.99. The average Bonchev–Trinajstić information content (AvgIpc) is 2.12. The van der Waals surface area contributed by atoms with Crippen molar-refractivity contribution in [3.8, 4) is 0 Å². The van der Waals surface area contributed by atoms with Gasteiger partial charge in [-0.25, -0.2) is 9.59 Å². The van der Waals surface area contributed by atoms with Gasteiger partial charge in [-0.1, -0.05) is 41.0 Å². The van der Waals surface area contributed by atoms with Crippen LogP contribution in [0.1, 0.15) is 53.9 Å². The molecule has 0 unspecified atom stereocenters. The van der Waals surface area contributed by atoms with E-state index in [1.54, 1.807) is 20.8 Å². The monoisotopic (exact) mass is 256 g/mol. The first-order valence-corrected chi connectivity index (χ1v) is 6.27. The van der Waals surface area contributed by atoms with Crippen LogP contribution in [0.5, 0.6) is 0 Å². The van der Waals surface area contributed by atoms with Gasteiger partial charge in [0.25, 0.3) is 0 Å². The molecule has 0 aliphatic carbocycles. The molecule has 0 aliphatic heterocycles. The minimum atomic E-state index is -1.13. The Morgan fingerprint density at radius 2 is 1.56 bits per heavy atom. The number of carboxylic acid groups (broad SMARTS) is 2. The van der Waals surface area contributed by atoms with Gasteiger partial charge in [-0.15, -0.1) is 0 Å². The van der Waals surface area contributed by atoms with Gasteiger partial charge in [-0.2, -0.15) is 0 Å². The summed E-state index contributed by atoms with van der Waals surface area (Å²) >= 11 is 0. The van der Waals surface area contributed by atoms with E-state index in [0.29, 0.717) is 18.8 Å². The first-order valence-electron chi connectivity index (χ1n) is 6.27. The van der Waals surface area contributed by atoms with E-state index in [1.165, 1.54) is 0 Å². The molecule has 2 N–H and O–H groups in total. The molecular formula is C14H24O4. The molecule has 0 aromatic rings. The number of hydrogen-bond acceptors (Lipinski definition) is 2. The molecule has 4 heteroatoms. The normalized spacial score (nSPS) is 13.4. The van der Waals surface area contributed by atoms with Crippen molar-refractivity contribution in [1.82, 2.24) is 0 Å². The van der Waals surface area contributed by atoms with E-state index in [0.717, 1.165) is 6.42 Å². The summed E-state index contributed by atoms with van der Waals surface area (Å²) in [6, 6.07) is 0. The van der Waals surface area contributed by atoms with Gasteiger partial charge in [-0.3, -0.25) is 0 Å². The summed E-state index contributed by atoms with van der Waals surface area (Å²) < 4.78 is 0. The van der Waals surface area contributed by atoms with Crippen LogP contribution in [0.4, 0.5) is 0 Å². The van der Waals surface area contributed by atoms with Crippen molar-refractivity contribution in [3.05, 3.63) is 11.1 Å². The van der Waals surface area contributed by atoms with Crippen LogP contribution >= 0.6 is 0 Å². The molecule has 4 nitrogen and oxygen atoms in total. The minimum absolute atomic E-state index is 0.0127. The second kappa shape index (κ2) is 6.57. The Morgan fingerprint density at radius 3 is 1.83 bits per heavy atom. The molecule has 0 aromatic carbocycles. The first kappa shape index (κ1) is 16.7. The van der Waals surface area contributed by atoms with Crippen molar-refractivity contribution < 1.29 is 19.8 Å². The fraction of sp³-hybridized carbons (Fsp3) is 0.714. The van der Waals surface area contributed by atoms with Crippen LogP contribution in [0.25, 0.3) is 0 Å². The molecule has 0 saturated carbocycles. The van der Waals surface area contributed by atoms with Gasteiger partial charge >= 0.3 is 11.9 Å². The predicted octanol–water partition coefficient (Wildman–Crippen LogP) is 3.32. The fourth-order valence-electron chi connectivity index (χ4n) is 1.93. The molecule has 0 bridgehead atoms. The molecule has 18 heavy (non-hydrogen) atoms. The molecule has 0 spiro atoms. The summed E-state index contributed by atoms with van der Waals surface area (Å²) in [4.78, 5) is 22.5. The van der Waals surface area contributed by atoms with Crippen molar-refractivity contribution in [3.63, 3.8) is 0 Å². The van der Waals surface area contributed by atoms with Gasteiger partial charge in [0.2, 0.25) is 0 Å². The zero-order chi connectivity index (χ0) is 14.5. The Morgan fingerprint density at radius 1 is 1.06 bits per heavy atom. The molecule has 0 radical (unpaired) electrons. The molecule has 0 heterocycles. The predicted molar refractivity (Wildman–Crippen MR) is 70.4 cm³/mol. The van der Waals surface area contributed by atoms with E-state index in [9.17, 15) is 19.8 Å². The van der Waals surface area contributed by atoms with Gasteiger partial charge in [0.1, 0.15) is 0 Å². The Hall–Kier alpha value is -1.32. The van der Waals surface area contributed by atoms with Crippen LogP contribution in [0.15, 0.2) is 11.1 Å². The third-order valence-electron chi connectivity index (χ3n) is 2.73. The van der Waals surface area contributed by atoms with Gasteiger partial charge < -0.3 is 10.2 Å². The maximum atomic E-state index is 11.3. The largest absolute Gasteiger partial charge is 0.478 e. The molecule has 0 saturated heterocycles. The molecule has 104 valence electrons. The molecule has 0 atom stereocenters.